The minimum absolute atomic E-state index is 0.101. The second-order valence-corrected chi connectivity index (χ2v) is 4.49. The van der Waals surface area contributed by atoms with Gasteiger partial charge >= 0.3 is 0 Å². The minimum atomic E-state index is 0.101. The van der Waals surface area contributed by atoms with E-state index in [1.807, 2.05) is 0 Å². The summed E-state index contributed by atoms with van der Waals surface area (Å²) in [5.41, 5.74) is 1.06. The summed E-state index contributed by atoms with van der Waals surface area (Å²) in [6, 6.07) is 13.5. The molecule has 0 atom stereocenters. The minimum Gasteiger partial charge on any atom is -0.507 e. The molecule has 0 saturated heterocycles. The van der Waals surface area contributed by atoms with E-state index >= 15 is 0 Å². The number of aromatic hydroxyl groups is 2. The molecule has 8 heteroatoms. The van der Waals surface area contributed by atoms with Crippen LogP contribution in [0.1, 0.15) is 11.1 Å². The summed E-state index contributed by atoms with van der Waals surface area (Å²) in [4.78, 5) is 5.21. The van der Waals surface area contributed by atoms with Crippen molar-refractivity contribution < 1.29 is 10.2 Å². The van der Waals surface area contributed by atoms with Gasteiger partial charge in [-0.3, -0.25) is 0 Å². The average molecular weight is 308 g/mol. The lowest BCUT2D eigenvalue weighted by Gasteiger charge is -1.97. The predicted molar refractivity (Wildman–Crippen MR) is 84.3 cm³/mol. The molecule has 0 saturated carbocycles. The molecule has 0 fully saturated rings. The van der Waals surface area contributed by atoms with E-state index in [4.69, 9.17) is 0 Å². The summed E-state index contributed by atoms with van der Waals surface area (Å²) in [6.07, 6.45) is 2.86. The first kappa shape index (κ1) is 14.4. The van der Waals surface area contributed by atoms with Gasteiger partial charge in [0, 0.05) is 17.3 Å². The van der Waals surface area contributed by atoms with Crippen LogP contribution in [-0.2, 0) is 0 Å². The molecule has 0 aliphatic carbocycles. The number of para-hydroxylation sites is 2. The molecule has 3 aromatic rings. The van der Waals surface area contributed by atoms with Crippen molar-refractivity contribution in [3.05, 3.63) is 59.7 Å². The summed E-state index contributed by atoms with van der Waals surface area (Å²) >= 11 is 0. The van der Waals surface area contributed by atoms with Crippen molar-refractivity contribution >= 4 is 18.4 Å². The van der Waals surface area contributed by atoms with Gasteiger partial charge in [0.05, 0.1) is 6.21 Å². The first-order chi connectivity index (χ1) is 11.2. The quantitative estimate of drug-likeness (QED) is 0.713. The number of benzene rings is 2. The molecule has 2 N–H and O–H groups in total. The van der Waals surface area contributed by atoms with Gasteiger partial charge in [-0.05, 0) is 34.7 Å². The van der Waals surface area contributed by atoms with Crippen molar-refractivity contribution in [1.29, 1.82) is 0 Å². The third-order valence-electron chi connectivity index (χ3n) is 2.94. The Morgan fingerprint density at radius 1 is 0.870 bits per heavy atom. The van der Waals surface area contributed by atoms with Crippen molar-refractivity contribution in [3.8, 4) is 11.5 Å². The van der Waals surface area contributed by atoms with Crippen molar-refractivity contribution in [3.63, 3.8) is 0 Å². The van der Waals surface area contributed by atoms with Crippen molar-refractivity contribution in [2.45, 2.75) is 0 Å². The SMILES string of the molecule is Oc1ccccc1C=Nc1nnnn1/N=C\c1ccccc1O. The van der Waals surface area contributed by atoms with E-state index in [0.717, 1.165) is 4.79 Å². The molecule has 1 heterocycles. The molecular weight excluding hydrogens is 296 g/mol. The Bertz CT molecular complexity index is 802. The maximum atomic E-state index is 9.68. The van der Waals surface area contributed by atoms with Crippen LogP contribution in [0.25, 0.3) is 0 Å². The van der Waals surface area contributed by atoms with Gasteiger partial charge in [-0.25, -0.2) is 4.99 Å². The molecule has 0 spiro atoms. The van der Waals surface area contributed by atoms with Crippen LogP contribution >= 0.6 is 0 Å². The van der Waals surface area contributed by atoms with Gasteiger partial charge in [0.2, 0.25) is 0 Å². The monoisotopic (exact) mass is 308 g/mol. The predicted octanol–water partition coefficient (Wildman–Crippen LogP) is 1.72. The Kier molecular flexibility index (Phi) is 4.05. The highest BCUT2D eigenvalue weighted by molar-refractivity contribution is 5.85. The Morgan fingerprint density at radius 3 is 2.13 bits per heavy atom. The lowest BCUT2D eigenvalue weighted by Crippen LogP contribution is -1.94. The van der Waals surface area contributed by atoms with E-state index in [-0.39, 0.29) is 17.4 Å². The number of phenolic OH excluding ortho intramolecular Hbond substituents is 2. The van der Waals surface area contributed by atoms with Crippen LogP contribution in [0.5, 0.6) is 11.5 Å². The topological polar surface area (TPSA) is 109 Å². The van der Waals surface area contributed by atoms with Crippen LogP contribution in [0.2, 0.25) is 0 Å². The molecule has 0 aliphatic heterocycles. The fraction of sp³-hybridized carbons (Fsp3) is 0. The van der Waals surface area contributed by atoms with Gasteiger partial charge in [-0.1, -0.05) is 34.2 Å². The number of nitrogens with zero attached hydrogens (tertiary/aromatic N) is 6. The molecule has 8 nitrogen and oxygen atoms in total. The fourth-order valence-corrected chi connectivity index (χ4v) is 1.77. The maximum absolute atomic E-state index is 9.68. The van der Waals surface area contributed by atoms with Gasteiger partial charge in [0.1, 0.15) is 11.5 Å². The van der Waals surface area contributed by atoms with Crippen LogP contribution < -0.4 is 0 Å². The third kappa shape index (κ3) is 3.38. The van der Waals surface area contributed by atoms with E-state index in [0.29, 0.717) is 11.1 Å². The molecule has 0 radical (unpaired) electrons. The molecule has 114 valence electrons. The number of rotatable bonds is 4. The fourth-order valence-electron chi connectivity index (χ4n) is 1.77. The highest BCUT2D eigenvalue weighted by Gasteiger charge is 2.03. The summed E-state index contributed by atoms with van der Waals surface area (Å²) in [7, 11) is 0. The van der Waals surface area contributed by atoms with Crippen LogP contribution in [0, 0.1) is 0 Å². The second-order valence-electron chi connectivity index (χ2n) is 4.49. The number of aromatic nitrogens is 4. The van der Waals surface area contributed by atoms with Crippen molar-refractivity contribution in [2.24, 2.45) is 10.1 Å². The van der Waals surface area contributed by atoms with E-state index in [9.17, 15) is 10.2 Å². The lowest BCUT2D eigenvalue weighted by molar-refractivity contribution is 0.474. The van der Waals surface area contributed by atoms with E-state index in [1.165, 1.54) is 12.4 Å². The van der Waals surface area contributed by atoms with E-state index in [1.54, 1.807) is 48.5 Å². The standard InChI is InChI=1S/C15H12N6O2/c22-13-7-3-1-5-11(13)9-16-15-18-19-20-21(15)17-10-12-6-2-4-8-14(12)23/h1-10,22-23H/b16-9?,17-10-. The Labute approximate surface area is 131 Å². The zero-order chi connectivity index (χ0) is 16.1. The molecule has 0 aliphatic rings. The molecule has 0 amide bonds. The normalized spacial score (nSPS) is 11.5. The largest absolute Gasteiger partial charge is 0.507 e. The molecular formula is C15H12N6O2. The smallest absolute Gasteiger partial charge is 0.291 e. The zero-order valence-electron chi connectivity index (χ0n) is 11.9. The number of aliphatic imine (C=N–C) groups is 1. The van der Waals surface area contributed by atoms with Crippen LogP contribution in [-0.4, -0.2) is 43.0 Å². The number of hydrogen-bond donors (Lipinski definition) is 2. The molecule has 0 bridgehead atoms. The van der Waals surface area contributed by atoms with Gasteiger partial charge in [0.15, 0.2) is 0 Å². The average Bonchev–Trinajstić information content (AvgIpc) is 3.01. The van der Waals surface area contributed by atoms with Gasteiger partial charge in [-0.15, -0.1) is 0 Å². The first-order valence-electron chi connectivity index (χ1n) is 6.67. The highest BCUT2D eigenvalue weighted by atomic mass is 16.3. The molecule has 23 heavy (non-hydrogen) atoms. The first-order valence-corrected chi connectivity index (χ1v) is 6.67. The number of tetrazole rings is 1. The number of phenols is 2. The van der Waals surface area contributed by atoms with Gasteiger partial charge < -0.3 is 10.2 Å². The number of hydrogen-bond acceptors (Lipinski definition) is 7. The Balaban J connectivity index is 1.83. The summed E-state index contributed by atoms with van der Waals surface area (Å²) < 4.78 is 0. The Morgan fingerprint density at radius 2 is 1.48 bits per heavy atom. The lowest BCUT2D eigenvalue weighted by atomic mass is 10.2. The highest BCUT2D eigenvalue weighted by Crippen LogP contribution is 2.15. The van der Waals surface area contributed by atoms with Crippen molar-refractivity contribution in [1.82, 2.24) is 20.3 Å². The third-order valence-corrected chi connectivity index (χ3v) is 2.94. The van der Waals surface area contributed by atoms with Crippen LogP contribution in [0.15, 0.2) is 58.6 Å². The maximum Gasteiger partial charge on any atom is 0.291 e. The van der Waals surface area contributed by atoms with E-state index < -0.39 is 0 Å². The Hall–Kier alpha value is -3.55. The molecule has 3 rings (SSSR count). The zero-order valence-corrected chi connectivity index (χ0v) is 11.9. The van der Waals surface area contributed by atoms with Gasteiger partial charge in [0.25, 0.3) is 5.95 Å². The van der Waals surface area contributed by atoms with Crippen molar-refractivity contribution in [2.75, 3.05) is 0 Å². The molecule has 0 unspecified atom stereocenters. The summed E-state index contributed by atoms with van der Waals surface area (Å²) in [5, 5.41) is 34.4. The summed E-state index contributed by atoms with van der Waals surface area (Å²) in [6.45, 7) is 0. The van der Waals surface area contributed by atoms with Gasteiger partial charge in [-0.2, -0.15) is 5.10 Å². The molecule has 1 aromatic heterocycles. The van der Waals surface area contributed by atoms with Crippen LogP contribution in [0.3, 0.4) is 0 Å². The summed E-state index contributed by atoms with van der Waals surface area (Å²) in [5.74, 6) is 0.344. The van der Waals surface area contributed by atoms with E-state index in [2.05, 4.69) is 25.6 Å². The second kappa shape index (κ2) is 6.48. The van der Waals surface area contributed by atoms with Crippen LogP contribution in [0.4, 0.5) is 5.95 Å². The molecule has 2 aromatic carbocycles.